The zero-order chi connectivity index (χ0) is 17.9. The first kappa shape index (κ1) is 16.6. The van der Waals surface area contributed by atoms with Gasteiger partial charge in [-0.3, -0.25) is 4.79 Å². The molecule has 0 bridgehead atoms. The summed E-state index contributed by atoms with van der Waals surface area (Å²) in [4.78, 5) is 25.2. The molecule has 0 fully saturated rings. The molecular weight excluding hydrogens is 312 g/mol. The maximum atomic E-state index is 12.0. The van der Waals surface area contributed by atoms with Gasteiger partial charge in [0.05, 0.1) is 0 Å². The van der Waals surface area contributed by atoms with E-state index in [-0.39, 0.29) is 33.8 Å². The van der Waals surface area contributed by atoms with Crippen molar-refractivity contribution in [3.63, 3.8) is 0 Å². The lowest BCUT2D eigenvalue weighted by molar-refractivity contribution is -0.144. The van der Waals surface area contributed by atoms with E-state index in [2.05, 4.69) is 4.98 Å². The second-order valence-corrected chi connectivity index (χ2v) is 4.81. The summed E-state index contributed by atoms with van der Waals surface area (Å²) in [6.45, 7) is 1.34. The lowest BCUT2D eigenvalue weighted by atomic mass is 9.96. The van der Waals surface area contributed by atoms with E-state index in [1.165, 1.54) is 19.1 Å². The average Bonchev–Trinajstić information content (AvgIpc) is 2.54. The number of aromatic nitrogens is 1. The largest absolute Gasteiger partial charge is 0.479 e. The second kappa shape index (κ2) is 6.55. The molecule has 1 atom stereocenters. The number of nitrogen functional groups attached to an aromatic ring is 1. The highest BCUT2D eigenvalue weighted by Gasteiger charge is 2.22. The van der Waals surface area contributed by atoms with E-state index in [0.717, 1.165) is 0 Å². The van der Waals surface area contributed by atoms with Gasteiger partial charge in [-0.25, -0.2) is 4.79 Å². The molecule has 0 aliphatic heterocycles. The maximum absolute atomic E-state index is 12.0. The summed E-state index contributed by atoms with van der Waals surface area (Å²) >= 11 is 0. The van der Waals surface area contributed by atoms with Crippen molar-refractivity contribution in [3.05, 3.63) is 45.7 Å². The molecule has 0 radical (unpaired) electrons. The lowest BCUT2D eigenvalue weighted by Crippen LogP contribution is -2.23. The van der Waals surface area contributed by atoms with Gasteiger partial charge in [0.15, 0.2) is 6.10 Å². The van der Waals surface area contributed by atoms with Crippen LogP contribution in [0.1, 0.15) is 18.1 Å². The number of carboxylic acids is 1. The summed E-state index contributed by atoms with van der Waals surface area (Å²) in [5.74, 6) is -1.25. The minimum atomic E-state index is -1.18. The van der Waals surface area contributed by atoms with E-state index in [4.69, 9.17) is 15.6 Å². The highest BCUT2D eigenvalue weighted by Crippen LogP contribution is 2.35. The molecule has 1 aromatic carbocycles. The Balaban J connectivity index is 2.79. The van der Waals surface area contributed by atoms with Gasteiger partial charge in [-0.2, -0.15) is 10.5 Å². The van der Waals surface area contributed by atoms with Gasteiger partial charge in [-0.1, -0.05) is 18.2 Å². The average molecular weight is 324 g/mol. The molecule has 0 saturated heterocycles. The first-order valence-corrected chi connectivity index (χ1v) is 6.75. The van der Waals surface area contributed by atoms with Crippen LogP contribution in [0.4, 0.5) is 5.82 Å². The molecule has 1 aromatic heterocycles. The number of aromatic amines is 1. The van der Waals surface area contributed by atoms with Gasteiger partial charge in [-0.05, 0) is 13.0 Å². The minimum Gasteiger partial charge on any atom is -0.479 e. The molecule has 8 nitrogen and oxygen atoms in total. The number of nitriles is 2. The Bertz CT molecular complexity index is 950. The molecule has 1 unspecified atom stereocenters. The third-order valence-corrected chi connectivity index (χ3v) is 3.28. The van der Waals surface area contributed by atoms with E-state index < -0.39 is 17.6 Å². The first-order chi connectivity index (χ1) is 11.4. The molecule has 120 valence electrons. The van der Waals surface area contributed by atoms with Crippen LogP contribution in [0.15, 0.2) is 29.1 Å². The molecule has 0 aliphatic carbocycles. The summed E-state index contributed by atoms with van der Waals surface area (Å²) in [6, 6.07) is 9.79. The molecule has 24 heavy (non-hydrogen) atoms. The maximum Gasteiger partial charge on any atom is 0.344 e. The Morgan fingerprint density at radius 2 is 1.92 bits per heavy atom. The number of benzene rings is 1. The minimum absolute atomic E-state index is 0.00874. The normalized spacial score (nSPS) is 11.1. The lowest BCUT2D eigenvalue weighted by Gasteiger charge is -2.16. The van der Waals surface area contributed by atoms with E-state index in [1.807, 2.05) is 6.07 Å². The summed E-state index contributed by atoms with van der Waals surface area (Å²) < 4.78 is 5.37. The van der Waals surface area contributed by atoms with Crippen LogP contribution < -0.4 is 16.0 Å². The number of hydrogen-bond donors (Lipinski definition) is 3. The fraction of sp³-hybridized carbons (Fsp3) is 0.125. The molecule has 0 saturated carbocycles. The number of nitrogens with one attached hydrogen (secondary N) is 1. The molecule has 2 aromatic rings. The van der Waals surface area contributed by atoms with Crippen molar-refractivity contribution in [2.75, 3.05) is 5.73 Å². The van der Waals surface area contributed by atoms with Crippen molar-refractivity contribution >= 4 is 11.8 Å². The van der Waals surface area contributed by atoms with Crippen LogP contribution in [-0.2, 0) is 4.79 Å². The van der Waals surface area contributed by atoms with Crippen molar-refractivity contribution in [2.24, 2.45) is 0 Å². The smallest absolute Gasteiger partial charge is 0.344 e. The number of hydrogen-bond acceptors (Lipinski definition) is 6. The van der Waals surface area contributed by atoms with E-state index in [0.29, 0.717) is 0 Å². The second-order valence-electron chi connectivity index (χ2n) is 4.81. The first-order valence-electron chi connectivity index (χ1n) is 6.75. The number of pyridine rings is 1. The van der Waals surface area contributed by atoms with Gasteiger partial charge in [0.2, 0.25) is 0 Å². The molecule has 1 heterocycles. The SMILES string of the molecule is CC(Oc1ccccc1-c1c(C#N)c(N)[nH]c(=O)c1C#N)C(=O)O. The Labute approximate surface area is 136 Å². The molecule has 2 rings (SSSR count). The van der Waals surface area contributed by atoms with Crippen LogP contribution in [0.25, 0.3) is 11.1 Å². The third-order valence-electron chi connectivity index (χ3n) is 3.28. The number of para-hydroxylation sites is 1. The third kappa shape index (κ3) is 2.89. The highest BCUT2D eigenvalue weighted by atomic mass is 16.5. The van der Waals surface area contributed by atoms with Crippen LogP contribution in [-0.4, -0.2) is 22.2 Å². The van der Waals surface area contributed by atoms with Crippen LogP contribution in [0.2, 0.25) is 0 Å². The number of carbonyl (C=O) groups is 1. The topological polar surface area (TPSA) is 153 Å². The number of ether oxygens (including phenoxy) is 1. The molecule has 8 heteroatoms. The number of anilines is 1. The summed E-state index contributed by atoms with van der Waals surface area (Å²) in [5.41, 5.74) is 4.77. The van der Waals surface area contributed by atoms with Gasteiger partial charge in [-0.15, -0.1) is 0 Å². The standard InChI is InChI=1S/C16H12N4O4/c1-8(16(22)23)24-12-5-3-2-4-9(12)13-10(6-17)14(19)20-15(21)11(13)7-18/h2-5,8H,1H3,(H,22,23)(H3,19,20,21). The Morgan fingerprint density at radius 1 is 1.29 bits per heavy atom. The molecule has 4 N–H and O–H groups in total. The monoisotopic (exact) mass is 324 g/mol. The number of carboxylic acid groups (broad SMARTS) is 1. The van der Waals surface area contributed by atoms with E-state index in [9.17, 15) is 20.1 Å². The van der Waals surface area contributed by atoms with Crippen molar-refractivity contribution < 1.29 is 14.6 Å². The molecular formula is C16H12N4O4. The molecule has 0 spiro atoms. The molecule has 0 aliphatic rings. The Morgan fingerprint density at radius 3 is 2.50 bits per heavy atom. The predicted octanol–water partition coefficient (Wildman–Crippen LogP) is 1.22. The number of nitrogens with zero attached hydrogens (tertiary/aromatic N) is 2. The van der Waals surface area contributed by atoms with Gasteiger partial charge >= 0.3 is 5.97 Å². The van der Waals surface area contributed by atoms with Gasteiger partial charge in [0.25, 0.3) is 5.56 Å². The summed E-state index contributed by atoms with van der Waals surface area (Å²) in [6.07, 6.45) is -1.17. The number of H-pyrrole nitrogens is 1. The zero-order valence-corrected chi connectivity index (χ0v) is 12.5. The predicted molar refractivity (Wildman–Crippen MR) is 84.1 cm³/mol. The van der Waals surface area contributed by atoms with Crippen molar-refractivity contribution in [1.82, 2.24) is 4.98 Å². The fourth-order valence-corrected chi connectivity index (χ4v) is 2.13. The number of rotatable bonds is 4. The van der Waals surface area contributed by atoms with Gasteiger partial charge in [0, 0.05) is 11.1 Å². The van der Waals surface area contributed by atoms with Gasteiger partial charge in [0.1, 0.15) is 34.8 Å². The van der Waals surface area contributed by atoms with Crippen LogP contribution in [0, 0.1) is 22.7 Å². The van der Waals surface area contributed by atoms with E-state index >= 15 is 0 Å². The summed E-state index contributed by atoms with van der Waals surface area (Å²) in [5, 5.41) is 27.6. The Hall–Kier alpha value is -3.78. The van der Waals surface area contributed by atoms with E-state index in [1.54, 1.807) is 18.2 Å². The number of aliphatic carboxylic acids is 1. The van der Waals surface area contributed by atoms with Gasteiger partial charge < -0.3 is 20.6 Å². The summed E-state index contributed by atoms with van der Waals surface area (Å²) in [7, 11) is 0. The van der Waals surface area contributed by atoms with Crippen LogP contribution in [0.5, 0.6) is 5.75 Å². The van der Waals surface area contributed by atoms with Crippen LogP contribution in [0.3, 0.4) is 0 Å². The zero-order valence-electron chi connectivity index (χ0n) is 12.5. The molecule has 0 amide bonds. The number of nitrogens with two attached hydrogens (primary N) is 1. The fourth-order valence-electron chi connectivity index (χ4n) is 2.13. The highest BCUT2D eigenvalue weighted by molar-refractivity contribution is 5.83. The van der Waals surface area contributed by atoms with Crippen molar-refractivity contribution in [2.45, 2.75) is 13.0 Å². The van der Waals surface area contributed by atoms with Crippen molar-refractivity contribution in [1.29, 1.82) is 10.5 Å². The Kier molecular flexibility index (Phi) is 4.52. The van der Waals surface area contributed by atoms with Crippen molar-refractivity contribution in [3.8, 4) is 29.0 Å². The van der Waals surface area contributed by atoms with Crippen LogP contribution >= 0.6 is 0 Å². The quantitative estimate of drug-likeness (QED) is 0.764.